The molecule has 5 aliphatic heterocycles. The highest BCUT2D eigenvalue weighted by atomic mass is 32.2. The number of aromatic hydroxyl groups is 1. The lowest BCUT2D eigenvalue weighted by atomic mass is 9.72. The second-order valence-electron chi connectivity index (χ2n) is 12.5. The van der Waals surface area contributed by atoms with Crippen LogP contribution in [0.1, 0.15) is 57.6 Å². The molecule has 4 bridgehead atoms. The maximum absolute atomic E-state index is 13.3. The van der Waals surface area contributed by atoms with Crippen LogP contribution in [-0.4, -0.2) is 84.5 Å². The molecule has 260 valence electrons. The van der Waals surface area contributed by atoms with Gasteiger partial charge in [-0.2, -0.15) is 18.4 Å². The molecule has 1 unspecified atom stereocenters. The van der Waals surface area contributed by atoms with E-state index in [1.54, 1.807) is 19.2 Å². The van der Waals surface area contributed by atoms with Gasteiger partial charge in [0.2, 0.25) is 6.79 Å². The number of amides is 1. The number of fused-ring (bicyclic) bond motifs is 9. The molecule has 5 aliphatic rings. The standard InChI is InChI=1S/C32H31F3N4O9S/c1-11-5-14-6-15-17(7-36)39-18-8-45-30(42)16(38-31(43)32(33,34)35)9-49-29(23(39)22(37-15)19(14)24(41)25(11)44-4)21-20(18)28-27(46-10-47-28)12(2)26(21)48-13(3)40/h5,15-18,22-23,29,37,41H,6,8-10H2,1-4H3,(H,38,43)/t15-,16-,17-,18-,22+,23?,29+/m0/s1. The van der Waals surface area contributed by atoms with Crippen LogP contribution in [-0.2, 0) is 25.5 Å². The fourth-order valence-corrected chi connectivity index (χ4v) is 9.43. The normalized spacial score (nSPS) is 28.3. The molecule has 1 amide bonds. The van der Waals surface area contributed by atoms with Crippen LogP contribution in [0, 0.1) is 25.2 Å². The highest BCUT2D eigenvalue weighted by Gasteiger charge is 2.59. The first-order chi connectivity index (χ1) is 23.3. The molecule has 0 aromatic heterocycles. The van der Waals surface area contributed by atoms with Crippen molar-refractivity contribution in [2.45, 2.75) is 74.9 Å². The number of benzene rings is 2. The molecule has 2 aromatic rings. The zero-order chi connectivity index (χ0) is 35.1. The predicted octanol–water partition coefficient (Wildman–Crippen LogP) is 2.94. The van der Waals surface area contributed by atoms with Crippen LogP contribution in [0.2, 0.25) is 0 Å². The average Bonchev–Trinajstić information content (AvgIpc) is 3.53. The Labute approximate surface area is 281 Å². The van der Waals surface area contributed by atoms with Gasteiger partial charge in [-0.15, -0.1) is 11.8 Å². The number of nitrogens with one attached hydrogen (secondary N) is 2. The number of hydrogen-bond donors (Lipinski definition) is 3. The summed E-state index contributed by atoms with van der Waals surface area (Å²) in [7, 11) is 1.43. The summed E-state index contributed by atoms with van der Waals surface area (Å²) in [5, 5.41) is 26.8. The summed E-state index contributed by atoms with van der Waals surface area (Å²) in [5.41, 5.74) is 3.30. The number of halogens is 3. The van der Waals surface area contributed by atoms with Crippen LogP contribution in [0.5, 0.6) is 28.7 Å². The highest BCUT2D eigenvalue weighted by molar-refractivity contribution is 7.99. The Kier molecular flexibility index (Phi) is 8.03. The summed E-state index contributed by atoms with van der Waals surface area (Å²) >= 11 is 1.02. The van der Waals surface area contributed by atoms with E-state index in [1.165, 1.54) is 14.0 Å². The first kappa shape index (κ1) is 33.1. The van der Waals surface area contributed by atoms with E-state index < -0.39 is 77.9 Å². The van der Waals surface area contributed by atoms with Gasteiger partial charge in [0, 0.05) is 47.0 Å². The third kappa shape index (κ3) is 5.10. The van der Waals surface area contributed by atoms with E-state index in [4.69, 9.17) is 23.7 Å². The number of carbonyl (C=O) groups excluding carboxylic acids is 3. The van der Waals surface area contributed by atoms with Crippen molar-refractivity contribution in [1.82, 2.24) is 15.5 Å². The first-order valence-electron chi connectivity index (χ1n) is 15.4. The second kappa shape index (κ2) is 11.9. The number of cyclic esters (lactones) is 1. The average molecular weight is 705 g/mol. The van der Waals surface area contributed by atoms with Crippen LogP contribution >= 0.6 is 11.8 Å². The summed E-state index contributed by atoms with van der Waals surface area (Å²) in [6.45, 7) is 4.06. The molecule has 2 saturated heterocycles. The third-order valence-electron chi connectivity index (χ3n) is 9.71. The van der Waals surface area contributed by atoms with Gasteiger partial charge in [-0.1, -0.05) is 6.07 Å². The molecule has 7 atom stereocenters. The smallest absolute Gasteiger partial charge is 0.471 e. The van der Waals surface area contributed by atoms with Crippen molar-refractivity contribution in [3.8, 4) is 34.8 Å². The van der Waals surface area contributed by atoms with Crippen molar-refractivity contribution in [1.29, 1.82) is 5.26 Å². The van der Waals surface area contributed by atoms with Crippen LogP contribution in [0.25, 0.3) is 0 Å². The molecular weight excluding hydrogens is 673 g/mol. The molecule has 0 aliphatic carbocycles. The molecule has 2 fully saturated rings. The molecule has 49 heavy (non-hydrogen) atoms. The number of ether oxygens (including phenoxy) is 5. The van der Waals surface area contributed by atoms with E-state index >= 15 is 0 Å². The van der Waals surface area contributed by atoms with Crippen molar-refractivity contribution in [3.05, 3.63) is 39.4 Å². The molecule has 7 rings (SSSR count). The number of piperazine rings is 1. The highest BCUT2D eigenvalue weighted by Crippen LogP contribution is 2.62. The first-order valence-corrected chi connectivity index (χ1v) is 16.4. The molecule has 2 aromatic carbocycles. The molecule has 0 spiro atoms. The van der Waals surface area contributed by atoms with Crippen LogP contribution in [0.3, 0.4) is 0 Å². The van der Waals surface area contributed by atoms with Gasteiger partial charge in [0.25, 0.3) is 0 Å². The van der Waals surface area contributed by atoms with Gasteiger partial charge in [0.15, 0.2) is 23.0 Å². The lowest BCUT2D eigenvalue weighted by Gasteiger charge is -2.59. The number of rotatable bonds is 3. The van der Waals surface area contributed by atoms with Gasteiger partial charge in [-0.05, 0) is 31.4 Å². The number of alkyl halides is 3. The Morgan fingerprint density at radius 1 is 1.16 bits per heavy atom. The van der Waals surface area contributed by atoms with Gasteiger partial charge in [-0.25, -0.2) is 4.79 Å². The lowest BCUT2D eigenvalue weighted by Crippen LogP contribution is -2.69. The molecule has 17 heteroatoms. The van der Waals surface area contributed by atoms with E-state index in [-0.39, 0.29) is 24.0 Å². The van der Waals surface area contributed by atoms with Crippen LogP contribution in [0.4, 0.5) is 13.2 Å². The van der Waals surface area contributed by atoms with E-state index in [0.29, 0.717) is 45.7 Å². The topological polar surface area (TPSA) is 169 Å². The van der Waals surface area contributed by atoms with Gasteiger partial charge < -0.3 is 39.4 Å². The zero-order valence-electron chi connectivity index (χ0n) is 26.6. The largest absolute Gasteiger partial charge is 0.504 e. The Balaban J connectivity index is 1.49. The van der Waals surface area contributed by atoms with Gasteiger partial charge in [0.1, 0.15) is 24.4 Å². The number of hydrogen-bond acceptors (Lipinski definition) is 13. The maximum Gasteiger partial charge on any atom is 0.471 e. The third-order valence-corrected chi connectivity index (χ3v) is 11.1. The van der Waals surface area contributed by atoms with E-state index in [1.807, 2.05) is 11.0 Å². The van der Waals surface area contributed by atoms with Crippen molar-refractivity contribution in [2.75, 3.05) is 26.3 Å². The molecule has 3 N–H and O–H groups in total. The molecule has 13 nitrogen and oxygen atoms in total. The summed E-state index contributed by atoms with van der Waals surface area (Å²) in [6, 6.07) is -1.10. The quantitative estimate of drug-likeness (QED) is 0.315. The fourth-order valence-electron chi connectivity index (χ4n) is 7.91. The minimum absolute atomic E-state index is 0.106. The number of phenols is 1. The van der Waals surface area contributed by atoms with Crippen molar-refractivity contribution >= 4 is 29.6 Å². The Morgan fingerprint density at radius 2 is 1.90 bits per heavy atom. The minimum atomic E-state index is -5.26. The van der Waals surface area contributed by atoms with Crippen molar-refractivity contribution < 1.29 is 56.3 Å². The number of carbonyl (C=O) groups is 3. The molecule has 0 radical (unpaired) electrons. The second-order valence-corrected chi connectivity index (χ2v) is 13.7. The maximum atomic E-state index is 13.3. The summed E-state index contributed by atoms with van der Waals surface area (Å²) in [5.74, 6) is -3.56. The van der Waals surface area contributed by atoms with Gasteiger partial charge in [0.05, 0.1) is 30.5 Å². The fraction of sp³-hybridized carbons (Fsp3) is 0.500. The van der Waals surface area contributed by atoms with E-state index in [0.717, 1.165) is 17.3 Å². The number of thioether (sulfide) groups is 1. The van der Waals surface area contributed by atoms with Gasteiger partial charge in [-0.3, -0.25) is 14.5 Å². The van der Waals surface area contributed by atoms with Crippen LogP contribution in [0.15, 0.2) is 6.07 Å². The molecule has 0 saturated carbocycles. The number of nitrogens with zero attached hydrogens (tertiary/aromatic N) is 2. The summed E-state index contributed by atoms with van der Waals surface area (Å²) < 4.78 is 68.9. The minimum Gasteiger partial charge on any atom is -0.504 e. The Morgan fingerprint density at radius 3 is 2.57 bits per heavy atom. The zero-order valence-corrected chi connectivity index (χ0v) is 27.4. The van der Waals surface area contributed by atoms with Crippen LogP contribution < -0.4 is 29.6 Å². The summed E-state index contributed by atoms with van der Waals surface area (Å²) in [6.07, 6.45) is -4.90. The van der Waals surface area contributed by atoms with E-state index in [2.05, 4.69) is 11.4 Å². The number of esters is 2. The van der Waals surface area contributed by atoms with E-state index in [9.17, 15) is 37.9 Å². The lowest BCUT2D eigenvalue weighted by molar-refractivity contribution is -0.175. The number of methoxy groups -OCH3 is 1. The molecule has 5 heterocycles. The monoisotopic (exact) mass is 704 g/mol. The Hall–Kier alpha value is -4.40. The number of phenolic OH excluding ortho intramolecular Hbond substituents is 1. The SMILES string of the molecule is COc1c(C)cc2c(c1O)[C@H]1N[C@@H](C2)[C@H](C#N)N2C1[C@@H]1SC[C@H](NC(=O)C(F)(F)F)C(=O)OC[C@H]2c2c3c(c(C)c(OC(C)=O)c21)OCO3. The number of aryl methyl sites for hydroxylation is 1. The van der Waals surface area contributed by atoms with Crippen molar-refractivity contribution in [3.63, 3.8) is 0 Å². The predicted molar refractivity (Wildman–Crippen MR) is 163 cm³/mol. The van der Waals surface area contributed by atoms with Gasteiger partial charge >= 0.3 is 24.0 Å². The molecular formula is C32H31F3N4O9S. The summed E-state index contributed by atoms with van der Waals surface area (Å²) in [4.78, 5) is 39.8. The number of nitriles is 1. The Bertz CT molecular complexity index is 1830. The van der Waals surface area contributed by atoms with Crippen molar-refractivity contribution in [2.24, 2.45) is 0 Å².